The second-order valence-corrected chi connectivity index (χ2v) is 5.17. The van der Waals surface area contributed by atoms with Crippen LogP contribution in [0.25, 0.3) is 0 Å². The number of piperidine rings is 1. The third-order valence-electron chi connectivity index (χ3n) is 3.32. The van der Waals surface area contributed by atoms with Gasteiger partial charge in [0.25, 0.3) is 0 Å². The summed E-state index contributed by atoms with van der Waals surface area (Å²) in [5.74, 6) is 1.04. The quantitative estimate of drug-likeness (QED) is 0.824. The van der Waals surface area contributed by atoms with Crippen molar-refractivity contribution in [3.8, 4) is 5.75 Å². The first-order chi connectivity index (χ1) is 8.56. The molecule has 0 N–H and O–H groups in total. The molecule has 1 saturated heterocycles. The molecule has 18 heavy (non-hydrogen) atoms. The summed E-state index contributed by atoms with van der Waals surface area (Å²) in [6, 6.07) is 5.66. The summed E-state index contributed by atoms with van der Waals surface area (Å²) >= 11 is 5.91. The lowest BCUT2D eigenvalue weighted by Gasteiger charge is -2.31. The monoisotopic (exact) mass is 267 g/mol. The second-order valence-electron chi connectivity index (χ2n) is 4.73. The first-order valence-electron chi connectivity index (χ1n) is 6.24. The summed E-state index contributed by atoms with van der Waals surface area (Å²) in [5.41, 5.74) is 1.05. The van der Waals surface area contributed by atoms with Gasteiger partial charge in [-0.3, -0.25) is 4.79 Å². The Kier molecular flexibility index (Phi) is 4.12. The van der Waals surface area contributed by atoms with Gasteiger partial charge in [-0.05, 0) is 30.7 Å². The lowest BCUT2D eigenvalue weighted by atomic mass is 10.1. The average molecular weight is 268 g/mol. The number of nitrogens with zero attached hydrogens (tertiary/aromatic N) is 1. The molecule has 1 aromatic rings. The summed E-state index contributed by atoms with van der Waals surface area (Å²) in [6.07, 6.45) is 1.98. The van der Waals surface area contributed by atoms with Gasteiger partial charge in [-0.25, -0.2) is 0 Å². The van der Waals surface area contributed by atoms with Crippen LogP contribution in [0.15, 0.2) is 18.2 Å². The molecule has 1 aliphatic rings. The number of hydrogen-bond donors (Lipinski definition) is 0. The normalized spacial score (nSPS) is 16.7. The lowest BCUT2D eigenvalue weighted by Crippen LogP contribution is -2.40. The summed E-state index contributed by atoms with van der Waals surface area (Å²) in [7, 11) is 0. The Morgan fingerprint density at radius 1 is 1.39 bits per heavy atom. The summed E-state index contributed by atoms with van der Waals surface area (Å²) in [5, 5.41) is 0.728. The fraction of sp³-hybridized carbons (Fsp3) is 0.500. The summed E-state index contributed by atoms with van der Waals surface area (Å²) in [4.78, 5) is 13.1. The van der Waals surface area contributed by atoms with Crippen molar-refractivity contribution in [2.24, 2.45) is 0 Å². The number of ether oxygens (including phenoxy) is 1. The van der Waals surface area contributed by atoms with Crippen molar-refractivity contribution in [3.63, 3.8) is 0 Å². The summed E-state index contributed by atoms with van der Waals surface area (Å²) < 4.78 is 5.97. The fourth-order valence-electron chi connectivity index (χ4n) is 2.21. The van der Waals surface area contributed by atoms with E-state index in [4.69, 9.17) is 16.3 Å². The maximum atomic E-state index is 11.2. The molecule has 1 fully saturated rings. The van der Waals surface area contributed by atoms with Crippen molar-refractivity contribution >= 4 is 17.5 Å². The number of amides is 1. The maximum absolute atomic E-state index is 11.2. The van der Waals surface area contributed by atoms with E-state index in [1.165, 1.54) is 0 Å². The number of hydrogen-bond acceptors (Lipinski definition) is 2. The molecule has 0 atom stereocenters. The zero-order valence-corrected chi connectivity index (χ0v) is 11.5. The van der Waals surface area contributed by atoms with Gasteiger partial charge in [-0.1, -0.05) is 11.6 Å². The Morgan fingerprint density at radius 2 is 2.06 bits per heavy atom. The Labute approximate surface area is 113 Å². The second kappa shape index (κ2) is 5.61. The molecule has 1 amide bonds. The molecule has 1 heterocycles. The molecule has 1 aromatic carbocycles. The Balaban J connectivity index is 1.93. The third-order valence-corrected chi connectivity index (χ3v) is 3.55. The number of benzene rings is 1. The minimum Gasteiger partial charge on any atom is -0.490 e. The molecule has 2 rings (SSSR count). The molecule has 0 saturated carbocycles. The van der Waals surface area contributed by atoms with Crippen LogP contribution in [0.5, 0.6) is 5.75 Å². The molecule has 3 nitrogen and oxygen atoms in total. The van der Waals surface area contributed by atoms with Crippen LogP contribution in [0.3, 0.4) is 0 Å². The molecule has 4 heteroatoms. The number of carbonyl (C=O) groups is 1. The lowest BCUT2D eigenvalue weighted by molar-refractivity contribution is -0.130. The van der Waals surface area contributed by atoms with Gasteiger partial charge in [-0.15, -0.1) is 0 Å². The van der Waals surface area contributed by atoms with E-state index in [1.807, 2.05) is 30.0 Å². The highest BCUT2D eigenvalue weighted by molar-refractivity contribution is 6.30. The van der Waals surface area contributed by atoms with Gasteiger partial charge in [0, 0.05) is 37.9 Å². The number of halogens is 1. The van der Waals surface area contributed by atoms with Crippen LogP contribution >= 0.6 is 11.6 Å². The van der Waals surface area contributed by atoms with Crippen LogP contribution in [0, 0.1) is 6.92 Å². The first-order valence-corrected chi connectivity index (χ1v) is 6.62. The zero-order valence-electron chi connectivity index (χ0n) is 10.8. The Hall–Kier alpha value is -1.22. The van der Waals surface area contributed by atoms with Crippen molar-refractivity contribution in [2.75, 3.05) is 13.1 Å². The molecule has 0 spiro atoms. The highest BCUT2D eigenvalue weighted by Crippen LogP contribution is 2.25. The standard InChI is InChI=1S/C14H18ClNO2/c1-10-9-12(15)3-4-14(10)18-13-5-7-16(8-6-13)11(2)17/h3-4,9,13H,5-8H2,1-2H3. The van der Waals surface area contributed by atoms with Crippen molar-refractivity contribution in [3.05, 3.63) is 28.8 Å². The predicted molar refractivity (Wildman–Crippen MR) is 72.1 cm³/mol. The van der Waals surface area contributed by atoms with E-state index in [9.17, 15) is 4.79 Å². The van der Waals surface area contributed by atoms with Crippen LogP contribution in [0.2, 0.25) is 5.02 Å². The highest BCUT2D eigenvalue weighted by Gasteiger charge is 2.22. The number of aryl methyl sites for hydroxylation is 1. The number of likely N-dealkylation sites (tertiary alicyclic amines) is 1. The van der Waals surface area contributed by atoms with Crippen molar-refractivity contribution in [1.82, 2.24) is 4.90 Å². The molecule has 0 unspecified atom stereocenters. The van der Waals surface area contributed by atoms with Gasteiger partial charge in [0.1, 0.15) is 11.9 Å². The van der Waals surface area contributed by atoms with E-state index in [2.05, 4.69) is 0 Å². The molecular weight excluding hydrogens is 250 g/mol. The van der Waals surface area contributed by atoms with Crippen LogP contribution in [-0.4, -0.2) is 30.0 Å². The van der Waals surface area contributed by atoms with Crippen molar-refractivity contribution in [2.45, 2.75) is 32.8 Å². The maximum Gasteiger partial charge on any atom is 0.219 e. The minimum absolute atomic E-state index is 0.149. The van der Waals surface area contributed by atoms with E-state index >= 15 is 0 Å². The van der Waals surface area contributed by atoms with E-state index < -0.39 is 0 Å². The molecule has 0 aromatic heterocycles. The van der Waals surface area contributed by atoms with Gasteiger partial charge < -0.3 is 9.64 Å². The van der Waals surface area contributed by atoms with Gasteiger partial charge in [-0.2, -0.15) is 0 Å². The highest BCUT2D eigenvalue weighted by atomic mass is 35.5. The molecular formula is C14H18ClNO2. The molecule has 1 aliphatic heterocycles. The van der Waals surface area contributed by atoms with Crippen molar-refractivity contribution < 1.29 is 9.53 Å². The largest absolute Gasteiger partial charge is 0.490 e. The molecule has 0 bridgehead atoms. The van der Waals surface area contributed by atoms with Crippen LogP contribution < -0.4 is 4.74 Å². The Morgan fingerprint density at radius 3 is 2.61 bits per heavy atom. The molecule has 0 radical (unpaired) electrons. The predicted octanol–water partition coefficient (Wildman–Crippen LogP) is 3.04. The van der Waals surface area contributed by atoms with Crippen molar-refractivity contribution in [1.29, 1.82) is 0 Å². The number of carbonyl (C=O) groups excluding carboxylic acids is 1. The van der Waals surface area contributed by atoms with Crippen LogP contribution in [0.1, 0.15) is 25.3 Å². The van der Waals surface area contributed by atoms with Gasteiger partial charge in [0.05, 0.1) is 0 Å². The van der Waals surface area contributed by atoms with Crippen LogP contribution in [-0.2, 0) is 4.79 Å². The zero-order chi connectivity index (χ0) is 13.1. The van der Waals surface area contributed by atoms with Gasteiger partial charge in [0.2, 0.25) is 5.91 Å². The van der Waals surface area contributed by atoms with Gasteiger partial charge in [0.15, 0.2) is 0 Å². The molecule has 0 aliphatic carbocycles. The van der Waals surface area contributed by atoms with E-state index in [0.29, 0.717) is 0 Å². The Bertz CT molecular complexity index is 439. The van der Waals surface area contributed by atoms with E-state index in [0.717, 1.165) is 42.3 Å². The number of rotatable bonds is 2. The SMILES string of the molecule is CC(=O)N1CCC(Oc2ccc(Cl)cc2C)CC1. The minimum atomic E-state index is 0.149. The smallest absolute Gasteiger partial charge is 0.219 e. The topological polar surface area (TPSA) is 29.5 Å². The van der Waals surface area contributed by atoms with E-state index in [-0.39, 0.29) is 12.0 Å². The molecule has 98 valence electrons. The van der Waals surface area contributed by atoms with Gasteiger partial charge >= 0.3 is 0 Å². The fourth-order valence-corrected chi connectivity index (χ4v) is 2.44. The third kappa shape index (κ3) is 3.16. The first kappa shape index (κ1) is 13.2. The summed E-state index contributed by atoms with van der Waals surface area (Å²) in [6.45, 7) is 5.18. The average Bonchev–Trinajstić information content (AvgIpc) is 2.33. The van der Waals surface area contributed by atoms with Crippen LogP contribution in [0.4, 0.5) is 0 Å². The van der Waals surface area contributed by atoms with E-state index in [1.54, 1.807) is 6.92 Å².